The van der Waals surface area contributed by atoms with Gasteiger partial charge in [-0.3, -0.25) is 4.79 Å². The molecule has 0 saturated heterocycles. The van der Waals surface area contributed by atoms with E-state index in [9.17, 15) is 4.79 Å². The van der Waals surface area contributed by atoms with Crippen LogP contribution < -0.4 is 5.32 Å². The third kappa shape index (κ3) is 3.36. The van der Waals surface area contributed by atoms with Gasteiger partial charge in [-0.15, -0.1) is 0 Å². The monoisotopic (exact) mass is 346 g/mol. The van der Waals surface area contributed by atoms with Gasteiger partial charge in [0.05, 0.1) is 15.7 Å². The van der Waals surface area contributed by atoms with E-state index in [0.717, 1.165) is 5.69 Å². The van der Waals surface area contributed by atoms with Crippen LogP contribution in [0.5, 0.6) is 0 Å². The lowest BCUT2D eigenvalue weighted by Crippen LogP contribution is -2.15. The highest BCUT2D eigenvalue weighted by molar-refractivity contribution is 6.35. The van der Waals surface area contributed by atoms with Gasteiger partial charge in [-0.05, 0) is 25.1 Å². The van der Waals surface area contributed by atoms with Gasteiger partial charge in [-0.2, -0.15) is 9.78 Å². The van der Waals surface area contributed by atoms with E-state index < -0.39 is 0 Å². The van der Waals surface area contributed by atoms with Crippen molar-refractivity contribution in [2.45, 2.75) is 6.92 Å². The SMILES string of the molecule is Cc1cc(NC(=O)c2ccccc2)n(-c2ncc(Cl)cc2Cl)n1. The lowest BCUT2D eigenvalue weighted by Gasteiger charge is -2.09. The van der Waals surface area contributed by atoms with Crippen LogP contribution in [0, 0.1) is 6.92 Å². The number of nitrogens with zero attached hydrogens (tertiary/aromatic N) is 3. The minimum absolute atomic E-state index is 0.239. The maximum atomic E-state index is 12.3. The summed E-state index contributed by atoms with van der Waals surface area (Å²) in [6, 6.07) is 12.2. The number of carbonyl (C=O) groups excluding carboxylic acids is 1. The number of aryl methyl sites for hydroxylation is 1. The van der Waals surface area contributed by atoms with Crippen molar-refractivity contribution in [1.29, 1.82) is 0 Å². The molecule has 116 valence electrons. The molecule has 2 heterocycles. The molecule has 1 N–H and O–H groups in total. The Bertz CT molecular complexity index is 862. The third-order valence-corrected chi connectivity index (χ3v) is 3.58. The molecule has 0 aliphatic carbocycles. The Morgan fingerprint density at radius 3 is 2.61 bits per heavy atom. The van der Waals surface area contributed by atoms with Crippen molar-refractivity contribution in [3.05, 3.63) is 70.0 Å². The first kappa shape index (κ1) is 15.5. The fourth-order valence-corrected chi connectivity index (χ4v) is 2.55. The van der Waals surface area contributed by atoms with Crippen LogP contribution in [0.4, 0.5) is 5.82 Å². The van der Waals surface area contributed by atoms with Crippen LogP contribution in [0.3, 0.4) is 0 Å². The number of hydrogen-bond acceptors (Lipinski definition) is 3. The molecule has 1 amide bonds. The summed E-state index contributed by atoms with van der Waals surface area (Å²) in [6.07, 6.45) is 1.47. The average molecular weight is 347 g/mol. The highest BCUT2D eigenvalue weighted by Crippen LogP contribution is 2.25. The lowest BCUT2D eigenvalue weighted by molar-refractivity contribution is 0.102. The van der Waals surface area contributed by atoms with Crippen LogP contribution >= 0.6 is 23.2 Å². The summed E-state index contributed by atoms with van der Waals surface area (Å²) in [5, 5.41) is 7.92. The molecule has 0 radical (unpaired) electrons. The normalized spacial score (nSPS) is 10.6. The van der Waals surface area contributed by atoms with Gasteiger partial charge < -0.3 is 5.32 Å². The second-order valence-corrected chi connectivity index (χ2v) is 5.71. The Balaban J connectivity index is 1.97. The first-order valence-electron chi connectivity index (χ1n) is 6.79. The molecule has 0 bridgehead atoms. The summed E-state index contributed by atoms with van der Waals surface area (Å²) in [5.41, 5.74) is 1.27. The fraction of sp³-hybridized carbons (Fsp3) is 0.0625. The quantitative estimate of drug-likeness (QED) is 0.775. The molecular weight excluding hydrogens is 335 g/mol. The van der Waals surface area contributed by atoms with Gasteiger partial charge in [0.1, 0.15) is 5.82 Å². The van der Waals surface area contributed by atoms with Gasteiger partial charge in [0.25, 0.3) is 5.91 Å². The number of rotatable bonds is 3. The molecule has 0 aliphatic heterocycles. The maximum absolute atomic E-state index is 12.3. The fourth-order valence-electron chi connectivity index (χ4n) is 2.09. The van der Waals surface area contributed by atoms with E-state index in [2.05, 4.69) is 15.4 Å². The van der Waals surface area contributed by atoms with Crippen molar-refractivity contribution in [1.82, 2.24) is 14.8 Å². The Hall–Kier alpha value is -2.37. The van der Waals surface area contributed by atoms with E-state index in [0.29, 0.717) is 27.2 Å². The zero-order valence-electron chi connectivity index (χ0n) is 12.1. The van der Waals surface area contributed by atoms with Crippen LogP contribution in [-0.4, -0.2) is 20.7 Å². The number of nitrogens with one attached hydrogen (secondary N) is 1. The molecule has 23 heavy (non-hydrogen) atoms. The Morgan fingerprint density at radius 1 is 1.17 bits per heavy atom. The predicted molar refractivity (Wildman–Crippen MR) is 90.5 cm³/mol. The summed E-state index contributed by atoms with van der Waals surface area (Å²) < 4.78 is 1.48. The average Bonchev–Trinajstić information content (AvgIpc) is 2.88. The number of halogens is 2. The number of carbonyl (C=O) groups is 1. The van der Waals surface area contributed by atoms with Gasteiger partial charge in [0, 0.05) is 17.8 Å². The smallest absolute Gasteiger partial charge is 0.256 e. The van der Waals surface area contributed by atoms with E-state index in [-0.39, 0.29) is 5.91 Å². The van der Waals surface area contributed by atoms with Crippen LogP contribution in [0.25, 0.3) is 5.82 Å². The third-order valence-electron chi connectivity index (χ3n) is 3.10. The first-order chi connectivity index (χ1) is 11.0. The molecular formula is C16H12Cl2N4O. The highest BCUT2D eigenvalue weighted by atomic mass is 35.5. The minimum atomic E-state index is -0.239. The molecule has 0 atom stereocenters. The molecule has 3 aromatic rings. The Kier molecular flexibility index (Phi) is 4.32. The number of pyridine rings is 1. The molecule has 3 rings (SSSR count). The van der Waals surface area contributed by atoms with Crippen LogP contribution in [0.1, 0.15) is 16.1 Å². The second kappa shape index (κ2) is 6.40. The standard InChI is InChI=1S/C16H12Cl2N4O/c1-10-7-14(20-16(23)11-5-3-2-4-6-11)22(21-10)15-13(18)8-12(17)9-19-15/h2-9H,1H3,(H,20,23). The molecule has 7 heteroatoms. The van der Waals surface area contributed by atoms with Gasteiger partial charge in [0.2, 0.25) is 0 Å². The molecule has 1 aromatic carbocycles. The molecule has 0 aliphatic rings. The predicted octanol–water partition coefficient (Wildman–Crippen LogP) is 4.13. The van der Waals surface area contributed by atoms with E-state index in [4.69, 9.17) is 23.2 Å². The van der Waals surface area contributed by atoms with Crippen molar-refractivity contribution >= 4 is 34.9 Å². The van der Waals surface area contributed by atoms with Crippen molar-refractivity contribution in [2.24, 2.45) is 0 Å². The van der Waals surface area contributed by atoms with Crippen LogP contribution in [0.2, 0.25) is 10.0 Å². The number of hydrogen-bond donors (Lipinski definition) is 1. The zero-order valence-corrected chi connectivity index (χ0v) is 13.6. The number of benzene rings is 1. The van der Waals surface area contributed by atoms with E-state index >= 15 is 0 Å². The topological polar surface area (TPSA) is 59.8 Å². The van der Waals surface area contributed by atoms with Crippen molar-refractivity contribution in [3.63, 3.8) is 0 Å². The van der Waals surface area contributed by atoms with Crippen LogP contribution in [-0.2, 0) is 0 Å². The van der Waals surface area contributed by atoms with Gasteiger partial charge in [-0.1, -0.05) is 41.4 Å². The van der Waals surface area contributed by atoms with Crippen molar-refractivity contribution in [3.8, 4) is 5.82 Å². The largest absolute Gasteiger partial charge is 0.306 e. The number of anilines is 1. The van der Waals surface area contributed by atoms with Crippen molar-refractivity contribution in [2.75, 3.05) is 5.32 Å². The van der Waals surface area contributed by atoms with E-state index in [1.165, 1.54) is 10.9 Å². The summed E-state index contributed by atoms with van der Waals surface area (Å²) in [7, 11) is 0. The summed E-state index contributed by atoms with van der Waals surface area (Å²) in [6.45, 7) is 1.82. The molecule has 0 unspecified atom stereocenters. The summed E-state index contributed by atoms with van der Waals surface area (Å²) >= 11 is 12.0. The van der Waals surface area contributed by atoms with Crippen molar-refractivity contribution < 1.29 is 4.79 Å². The summed E-state index contributed by atoms with van der Waals surface area (Å²) in [5.74, 6) is 0.637. The molecule has 0 fully saturated rings. The highest BCUT2D eigenvalue weighted by Gasteiger charge is 2.15. The molecule has 0 spiro atoms. The second-order valence-electron chi connectivity index (χ2n) is 4.86. The van der Waals surface area contributed by atoms with E-state index in [1.54, 1.807) is 36.4 Å². The Labute approximate surface area is 142 Å². The Morgan fingerprint density at radius 2 is 1.91 bits per heavy atom. The van der Waals surface area contributed by atoms with E-state index in [1.807, 2.05) is 13.0 Å². The maximum Gasteiger partial charge on any atom is 0.256 e. The zero-order chi connectivity index (χ0) is 16.4. The van der Waals surface area contributed by atoms with Crippen LogP contribution in [0.15, 0.2) is 48.7 Å². The van der Waals surface area contributed by atoms with Gasteiger partial charge in [-0.25, -0.2) is 4.98 Å². The van der Waals surface area contributed by atoms with Gasteiger partial charge in [0.15, 0.2) is 5.82 Å². The van der Waals surface area contributed by atoms with Gasteiger partial charge >= 0.3 is 0 Å². The summed E-state index contributed by atoms with van der Waals surface area (Å²) in [4.78, 5) is 16.5. The number of amides is 1. The molecule has 0 saturated carbocycles. The lowest BCUT2D eigenvalue weighted by atomic mass is 10.2. The minimum Gasteiger partial charge on any atom is -0.306 e. The molecule has 5 nitrogen and oxygen atoms in total. The first-order valence-corrected chi connectivity index (χ1v) is 7.54. The molecule has 2 aromatic heterocycles. The number of aromatic nitrogens is 3.